The Balaban J connectivity index is 2.23. The van der Waals surface area contributed by atoms with Gasteiger partial charge in [0.15, 0.2) is 0 Å². The van der Waals surface area contributed by atoms with Gasteiger partial charge in [0, 0.05) is 5.57 Å². The van der Waals surface area contributed by atoms with Crippen LogP contribution in [0.25, 0.3) is 0 Å². The molecule has 1 radical (unpaired) electrons. The molecule has 0 aromatic carbocycles. The monoisotopic (exact) mass is 139 g/mol. The molecule has 2 nitrogen and oxygen atoms in total. The molecule has 1 saturated carbocycles. The average molecular weight is 139 g/mol. The molecule has 1 aliphatic rings. The second-order valence-electron chi connectivity index (χ2n) is 2.64. The standard InChI is InChI=1S/C8H11O2/c1-6(2)8(9)10-7-4-3-5-7/h1,7H,3-5H2,2H3. The molecule has 1 aliphatic carbocycles. The lowest BCUT2D eigenvalue weighted by atomic mass is 9.96. The summed E-state index contributed by atoms with van der Waals surface area (Å²) in [5.41, 5.74) is 0.242. The summed E-state index contributed by atoms with van der Waals surface area (Å²) in [7, 11) is 0. The fourth-order valence-corrected chi connectivity index (χ4v) is 0.733. The van der Waals surface area contributed by atoms with Crippen molar-refractivity contribution in [2.45, 2.75) is 32.3 Å². The van der Waals surface area contributed by atoms with Crippen molar-refractivity contribution in [1.29, 1.82) is 0 Å². The van der Waals surface area contributed by atoms with Gasteiger partial charge in [-0.25, -0.2) is 4.79 Å². The maximum Gasteiger partial charge on any atom is 0.333 e. The topological polar surface area (TPSA) is 26.3 Å². The molecule has 0 atom stereocenters. The van der Waals surface area contributed by atoms with Gasteiger partial charge in [-0.3, -0.25) is 0 Å². The van der Waals surface area contributed by atoms with Crippen molar-refractivity contribution in [2.75, 3.05) is 0 Å². The molecular weight excluding hydrogens is 128 g/mol. The fourth-order valence-electron chi connectivity index (χ4n) is 0.733. The Hall–Kier alpha value is -0.790. The quantitative estimate of drug-likeness (QED) is 0.427. The highest BCUT2D eigenvalue weighted by molar-refractivity contribution is 5.86. The van der Waals surface area contributed by atoms with Crippen LogP contribution in [0, 0.1) is 6.58 Å². The third-order valence-corrected chi connectivity index (χ3v) is 1.65. The van der Waals surface area contributed by atoms with E-state index in [4.69, 9.17) is 11.3 Å². The molecule has 55 valence electrons. The van der Waals surface area contributed by atoms with E-state index in [2.05, 4.69) is 0 Å². The molecule has 2 heteroatoms. The van der Waals surface area contributed by atoms with E-state index in [1.165, 1.54) is 6.42 Å². The van der Waals surface area contributed by atoms with Crippen LogP contribution in [-0.4, -0.2) is 12.1 Å². The smallest absolute Gasteiger partial charge is 0.333 e. The molecule has 0 unspecified atom stereocenters. The Bertz CT molecular complexity index is 157. The Labute approximate surface area is 60.9 Å². The van der Waals surface area contributed by atoms with Gasteiger partial charge in [0.1, 0.15) is 6.10 Å². The number of carbonyl (C=O) groups excluding carboxylic acids is 1. The fraction of sp³-hybridized carbons (Fsp3) is 0.625. The van der Waals surface area contributed by atoms with Gasteiger partial charge in [-0.05, 0) is 26.2 Å². The van der Waals surface area contributed by atoms with Crippen LogP contribution >= 0.6 is 0 Å². The number of hydrogen-bond donors (Lipinski definition) is 0. The lowest BCUT2D eigenvalue weighted by Gasteiger charge is -2.24. The molecule has 0 bridgehead atoms. The van der Waals surface area contributed by atoms with E-state index in [1.807, 2.05) is 0 Å². The summed E-state index contributed by atoms with van der Waals surface area (Å²) in [6, 6.07) is 0. The van der Waals surface area contributed by atoms with Gasteiger partial charge in [0.05, 0.1) is 0 Å². The summed E-state index contributed by atoms with van der Waals surface area (Å²) in [5.74, 6) is -0.357. The van der Waals surface area contributed by atoms with Crippen molar-refractivity contribution in [1.82, 2.24) is 0 Å². The third-order valence-electron chi connectivity index (χ3n) is 1.65. The highest BCUT2D eigenvalue weighted by Gasteiger charge is 2.21. The summed E-state index contributed by atoms with van der Waals surface area (Å²) < 4.78 is 4.95. The maximum absolute atomic E-state index is 10.8. The molecule has 0 heterocycles. The second-order valence-corrected chi connectivity index (χ2v) is 2.64. The minimum atomic E-state index is -0.357. The van der Waals surface area contributed by atoms with Crippen molar-refractivity contribution in [3.05, 3.63) is 12.2 Å². The average Bonchev–Trinajstić information content (AvgIpc) is 1.77. The van der Waals surface area contributed by atoms with Crippen LogP contribution in [0.15, 0.2) is 5.57 Å². The molecule has 0 aromatic rings. The van der Waals surface area contributed by atoms with Crippen LogP contribution in [0.1, 0.15) is 26.2 Å². The largest absolute Gasteiger partial charge is 0.459 e. The molecule has 0 N–H and O–H groups in total. The minimum absolute atomic E-state index is 0.144. The zero-order valence-electron chi connectivity index (χ0n) is 6.09. The Morgan fingerprint density at radius 2 is 2.20 bits per heavy atom. The molecule has 0 saturated heterocycles. The van der Waals surface area contributed by atoms with E-state index in [-0.39, 0.29) is 17.6 Å². The molecule has 0 amide bonds. The summed E-state index contributed by atoms with van der Waals surface area (Å²) in [4.78, 5) is 10.8. The predicted molar refractivity (Wildman–Crippen MR) is 37.2 cm³/mol. The highest BCUT2D eigenvalue weighted by Crippen LogP contribution is 2.22. The van der Waals surface area contributed by atoms with Gasteiger partial charge < -0.3 is 4.74 Å². The van der Waals surface area contributed by atoms with Crippen LogP contribution in [0.5, 0.6) is 0 Å². The highest BCUT2D eigenvalue weighted by atomic mass is 16.5. The summed E-state index contributed by atoms with van der Waals surface area (Å²) in [5, 5.41) is 0. The van der Waals surface area contributed by atoms with E-state index >= 15 is 0 Å². The zero-order chi connectivity index (χ0) is 7.56. The van der Waals surface area contributed by atoms with Crippen molar-refractivity contribution in [2.24, 2.45) is 0 Å². The third kappa shape index (κ3) is 1.59. The van der Waals surface area contributed by atoms with Crippen molar-refractivity contribution >= 4 is 5.97 Å². The van der Waals surface area contributed by atoms with Crippen molar-refractivity contribution in [3.8, 4) is 0 Å². The SMILES string of the molecule is [CH]=C(C)C(=O)OC1CCC1. The van der Waals surface area contributed by atoms with Gasteiger partial charge in [-0.15, -0.1) is 0 Å². The first kappa shape index (κ1) is 7.32. The van der Waals surface area contributed by atoms with Crippen molar-refractivity contribution < 1.29 is 9.53 Å². The van der Waals surface area contributed by atoms with Gasteiger partial charge >= 0.3 is 5.97 Å². The van der Waals surface area contributed by atoms with Crippen molar-refractivity contribution in [3.63, 3.8) is 0 Å². The number of rotatable bonds is 2. The number of ether oxygens (including phenoxy) is 1. The normalized spacial score (nSPS) is 17.7. The molecule has 0 aliphatic heterocycles. The second kappa shape index (κ2) is 2.86. The first-order chi connectivity index (χ1) is 4.70. The Morgan fingerprint density at radius 3 is 2.50 bits per heavy atom. The molecule has 0 aromatic heterocycles. The number of carbonyl (C=O) groups is 1. The van der Waals surface area contributed by atoms with Gasteiger partial charge in [-0.1, -0.05) is 6.58 Å². The number of esters is 1. The predicted octanol–water partition coefficient (Wildman–Crippen LogP) is 1.46. The summed E-state index contributed by atoms with van der Waals surface area (Å²) >= 11 is 0. The summed E-state index contributed by atoms with van der Waals surface area (Å²) in [6.45, 7) is 6.76. The van der Waals surface area contributed by atoms with E-state index in [0.29, 0.717) is 0 Å². The van der Waals surface area contributed by atoms with Crippen LogP contribution in [0.4, 0.5) is 0 Å². The Morgan fingerprint density at radius 1 is 1.60 bits per heavy atom. The Kier molecular flexibility index (Phi) is 2.10. The van der Waals surface area contributed by atoms with Crippen LogP contribution in [0.3, 0.4) is 0 Å². The lowest BCUT2D eigenvalue weighted by Crippen LogP contribution is -2.25. The van der Waals surface area contributed by atoms with Gasteiger partial charge in [0.25, 0.3) is 0 Å². The van der Waals surface area contributed by atoms with Gasteiger partial charge in [-0.2, -0.15) is 0 Å². The van der Waals surface area contributed by atoms with Gasteiger partial charge in [0.2, 0.25) is 0 Å². The van der Waals surface area contributed by atoms with E-state index in [9.17, 15) is 4.79 Å². The van der Waals surface area contributed by atoms with E-state index < -0.39 is 0 Å². The van der Waals surface area contributed by atoms with E-state index in [1.54, 1.807) is 6.92 Å². The summed E-state index contributed by atoms with van der Waals surface area (Å²) in [6.07, 6.45) is 3.31. The number of hydrogen-bond acceptors (Lipinski definition) is 2. The molecule has 1 rings (SSSR count). The first-order valence-electron chi connectivity index (χ1n) is 3.50. The molecule has 10 heavy (non-hydrogen) atoms. The van der Waals surface area contributed by atoms with Crippen LogP contribution in [-0.2, 0) is 9.53 Å². The van der Waals surface area contributed by atoms with E-state index in [0.717, 1.165) is 12.8 Å². The zero-order valence-corrected chi connectivity index (χ0v) is 6.09. The lowest BCUT2D eigenvalue weighted by molar-refractivity contribution is -0.147. The van der Waals surface area contributed by atoms with Crippen LogP contribution < -0.4 is 0 Å². The first-order valence-corrected chi connectivity index (χ1v) is 3.50. The maximum atomic E-state index is 10.8. The van der Waals surface area contributed by atoms with Crippen LogP contribution in [0.2, 0.25) is 0 Å². The molecule has 1 fully saturated rings. The molecule has 0 spiro atoms. The minimum Gasteiger partial charge on any atom is -0.459 e. The molecular formula is C8H11O2.